The van der Waals surface area contributed by atoms with E-state index >= 15 is 0 Å². The van der Waals surface area contributed by atoms with Crippen LogP contribution in [0.4, 0.5) is 10.1 Å². The summed E-state index contributed by atoms with van der Waals surface area (Å²) in [5.74, 6) is -0.617. The maximum Gasteiger partial charge on any atom is 0.258 e. The Labute approximate surface area is 176 Å². The first-order chi connectivity index (χ1) is 14.3. The van der Waals surface area contributed by atoms with Crippen molar-refractivity contribution in [2.75, 3.05) is 24.5 Å². The second-order valence-electron chi connectivity index (χ2n) is 7.94. The zero-order valence-electron chi connectivity index (χ0n) is 17.0. The van der Waals surface area contributed by atoms with E-state index in [-0.39, 0.29) is 41.9 Å². The second kappa shape index (κ2) is 8.09. The van der Waals surface area contributed by atoms with Crippen molar-refractivity contribution < 1.29 is 22.3 Å². The molecule has 4 rings (SSSR count). The Balaban J connectivity index is 1.64. The Kier molecular flexibility index (Phi) is 5.65. The van der Waals surface area contributed by atoms with Gasteiger partial charge in [-0.3, -0.25) is 4.79 Å². The van der Waals surface area contributed by atoms with Crippen molar-refractivity contribution in [2.45, 2.75) is 43.8 Å². The minimum atomic E-state index is -3.75. The van der Waals surface area contributed by atoms with Gasteiger partial charge in [-0.15, -0.1) is 0 Å². The van der Waals surface area contributed by atoms with E-state index in [1.165, 1.54) is 28.6 Å². The van der Waals surface area contributed by atoms with Crippen LogP contribution in [0.1, 0.15) is 36.2 Å². The number of hydrogen-bond acceptors (Lipinski definition) is 4. The Morgan fingerprint density at radius 1 is 1.10 bits per heavy atom. The highest BCUT2D eigenvalue weighted by Crippen LogP contribution is 2.30. The summed E-state index contributed by atoms with van der Waals surface area (Å²) in [4.78, 5) is 14.9. The van der Waals surface area contributed by atoms with Gasteiger partial charge < -0.3 is 9.64 Å². The summed E-state index contributed by atoms with van der Waals surface area (Å²) in [6.45, 7) is 4.74. The molecule has 0 aliphatic carbocycles. The molecule has 8 heteroatoms. The number of amides is 1. The molecule has 160 valence electrons. The van der Waals surface area contributed by atoms with Crippen LogP contribution in [0.2, 0.25) is 0 Å². The van der Waals surface area contributed by atoms with E-state index < -0.39 is 10.0 Å². The Morgan fingerprint density at radius 3 is 2.57 bits per heavy atom. The second-order valence-corrected chi connectivity index (χ2v) is 9.88. The summed E-state index contributed by atoms with van der Waals surface area (Å²) in [7, 11) is -3.75. The zero-order valence-corrected chi connectivity index (χ0v) is 17.9. The lowest BCUT2D eigenvalue weighted by atomic mass is 10.0. The molecule has 1 saturated heterocycles. The van der Waals surface area contributed by atoms with Gasteiger partial charge in [0, 0.05) is 30.9 Å². The van der Waals surface area contributed by atoms with E-state index in [1.807, 2.05) is 13.8 Å². The first kappa shape index (κ1) is 21.0. The highest BCUT2D eigenvalue weighted by Gasteiger charge is 2.33. The normalized spacial score (nSPS) is 22.6. The third kappa shape index (κ3) is 3.99. The highest BCUT2D eigenvalue weighted by molar-refractivity contribution is 7.89. The molecule has 2 aromatic rings. The Morgan fingerprint density at radius 2 is 1.83 bits per heavy atom. The first-order valence-electron chi connectivity index (χ1n) is 10.1. The molecule has 1 fully saturated rings. The third-order valence-corrected chi connectivity index (χ3v) is 7.34. The van der Waals surface area contributed by atoms with Gasteiger partial charge in [0.1, 0.15) is 5.82 Å². The highest BCUT2D eigenvalue weighted by atomic mass is 32.2. The van der Waals surface area contributed by atoms with Crippen molar-refractivity contribution in [3.8, 4) is 0 Å². The van der Waals surface area contributed by atoms with Crippen LogP contribution in [0.15, 0.2) is 47.4 Å². The van der Waals surface area contributed by atoms with Crippen LogP contribution in [0.5, 0.6) is 0 Å². The minimum absolute atomic E-state index is 0.0889. The van der Waals surface area contributed by atoms with E-state index in [4.69, 9.17) is 4.74 Å². The molecule has 2 unspecified atom stereocenters. The summed E-state index contributed by atoms with van der Waals surface area (Å²) in [6.07, 6.45) is 1.04. The SMILES string of the molecule is CC1CN(S(=O)(=O)c2cccc(C(=O)N3CCCc4cc(F)ccc43)c2)CC(C)O1. The van der Waals surface area contributed by atoms with Crippen LogP contribution in [0.3, 0.4) is 0 Å². The fourth-order valence-electron chi connectivity index (χ4n) is 4.20. The number of morpholine rings is 1. The molecule has 2 aliphatic heterocycles. The number of halogens is 1. The summed E-state index contributed by atoms with van der Waals surface area (Å²) in [5, 5.41) is 0. The molecule has 2 heterocycles. The minimum Gasteiger partial charge on any atom is -0.373 e. The monoisotopic (exact) mass is 432 g/mol. The fourth-order valence-corrected chi connectivity index (χ4v) is 5.84. The lowest BCUT2D eigenvalue weighted by Gasteiger charge is -2.34. The molecule has 0 radical (unpaired) electrons. The van der Waals surface area contributed by atoms with Crippen LogP contribution in [-0.2, 0) is 21.2 Å². The van der Waals surface area contributed by atoms with Crippen molar-refractivity contribution in [2.24, 2.45) is 0 Å². The number of sulfonamides is 1. The number of carbonyl (C=O) groups excluding carboxylic acids is 1. The van der Waals surface area contributed by atoms with Gasteiger partial charge in [-0.25, -0.2) is 12.8 Å². The van der Waals surface area contributed by atoms with Gasteiger partial charge in [-0.2, -0.15) is 4.31 Å². The summed E-state index contributed by atoms with van der Waals surface area (Å²) in [6, 6.07) is 10.5. The van der Waals surface area contributed by atoms with Crippen molar-refractivity contribution in [3.05, 3.63) is 59.4 Å². The number of rotatable bonds is 3. The van der Waals surface area contributed by atoms with Crippen LogP contribution in [-0.4, -0.2) is 50.5 Å². The first-order valence-corrected chi connectivity index (χ1v) is 11.6. The van der Waals surface area contributed by atoms with E-state index in [1.54, 1.807) is 23.1 Å². The van der Waals surface area contributed by atoms with Crippen LogP contribution in [0.25, 0.3) is 0 Å². The molecular formula is C22H25FN2O4S. The van der Waals surface area contributed by atoms with Crippen molar-refractivity contribution in [3.63, 3.8) is 0 Å². The lowest BCUT2D eigenvalue weighted by Crippen LogP contribution is -2.48. The fraction of sp³-hybridized carbons (Fsp3) is 0.409. The van der Waals surface area contributed by atoms with Gasteiger partial charge in [0.25, 0.3) is 5.91 Å². The number of nitrogens with zero attached hydrogens (tertiary/aromatic N) is 2. The molecule has 2 aliphatic rings. The number of benzene rings is 2. The van der Waals surface area contributed by atoms with Gasteiger partial charge in [0.15, 0.2) is 0 Å². The molecule has 0 bridgehead atoms. The quantitative estimate of drug-likeness (QED) is 0.747. The Bertz CT molecular complexity index is 1060. The number of fused-ring (bicyclic) bond motifs is 1. The number of ether oxygens (including phenoxy) is 1. The third-order valence-electron chi connectivity index (χ3n) is 5.51. The van der Waals surface area contributed by atoms with Gasteiger partial charge in [-0.05, 0) is 68.7 Å². The predicted octanol–water partition coefficient (Wildman–Crippen LogP) is 3.22. The maximum atomic E-state index is 13.6. The summed E-state index contributed by atoms with van der Waals surface area (Å²) < 4.78 is 47.0. The van der Waals surface area contributed by atoms with Gasteiger partial charge in [0.2, 0.25) is 10.0 Å². The molecule has 0 saturated carbocycles. The molecule has 2 aromatic carbocycles. The van der Waals surface area contributed by atoms with Gasteiger partial charge >= 0.3 is 0 Å². The topological polar surface area (TPSA) is 66.9 Å². The molecule has 2 atom stereocenters. The number of anilines is 1. The summed E-state index contributed by atoms with van der Waals surface area (Å²) >= 11 is 0. The zero-order chi connectivity index (χ0) is 21.5. The Hall–Kier alpha value is -2.29. The predicted molar refractivity (Wildman–Crippen MR) is 112 cm³/mol. The van der Waals surface area contributed by atoms with E-state index in [9.17, 15) is 17.6 Å². The van der Waals surface area contributed by atoms with Gasteiger partial charge in [-0.1, -0.05) is 6.07 Å². The van der Waals surface area contributed by atoms with Crippen LogP contribution in [0, 0.1) is 5.82 Å². The van der Waals surface area contributed by atoms with Crippen LogP contribution < -0.4 is 4.90 Å². The largest absolute Gasteiger partial charge is 0.373 e. The molecule has 0 spiro atoms. The van der Waals surface area contributed by atoms with Crippen LogP contribution >= 0.6 is 0 Å². The average Bonchev–Trinajstić information content (AvgIpc) is 2.72. The van der Waals surface area contributed by atoms with E-state index in [2.05, 4.69) is 0 Å². The standard InChI is InChI=1S/C22H25FN2O4S/c1-15-13-24(14-16(2)29-15)30(27,28)20-7-3-5-18(12-20)22(26)25-10-4-6-17-11-19(23)8-9-21(17)25/h3,5,7-9,11-12,15-16H,4,6,10,13-14H2,1-2H3. The van der Waals surface area contributed by atoms with Crippen molar-refractivity contribution in [1.29, 1.82) is 0 Å². The van der Waals surface area contributed by atoms with E-state index in [0.717, 1.165) is 12.0 Å². The lowest BCUT2D eigenvalue weighted by molar-refractivity contribution is -0.0440. The molecule has 6 nitrogen and oxygen atoms in total. The van der Waals surface area contributed by atoms with Crippen molar-refractivity contribution in [1.82, 2.24) is 4.31 Å². The molecule has 0 N–H and O–H groups in total. The number of hydrogen-bond donors (Lipinski definition) is 0. The summed E-state index contributed by atoms with van der Waals surface area (Å²) in [5.41, 5.74) is 1.76. The van der Waals surface area contributed by atoms with Gasteiger partial charge in [0.05, 0.1) is 17.1 Å². The molecular weight excluding hydrogens is 407 g/mol. The molecule has 1 amide bonds. The smallest absolute Gasteiger partial charge is 0.258 e. The maximum absolute atomic E-state index is 13.6. The molecule has 30 heavy (non-hydrogen) atoms. The van der Waals surface area contributed by atoms with Crippen molar-refractivity contribution >= 4 is 21.6 Å². The average molecular weight is 433 g/mol. The number of aryl methyl sites for hydroxylation is 1. The number of carbonyl (C=O) groups is 1. The van der Waals surface area contributed by atoms with E-state index in [0.29, 0.717) is 24.2 Å². The molecule has 0 aromatic heterocycles.